The van der Waals surface area contributed by atoms with Crippen molar-refractivity contribution in [1.82, 2.24) is 9.88 Å². The molecule has 0 bridgehead atoms. The standard InChI is InChI=1S/C17H22N2O2/c1-19-11-14(13-7-3-4-8-15(13)19)16(21)18-17(12-20)9-5-2-6-10-17/h3-4,7-8,11,20H,2,5-6,9-10,12H2,1H3,(H,18,21). The number of carbonyl (C=O) groups is 1. The third-order valence-corrected chi connectivity index (χ3v) is 4.63. The molecule has 0 spiro atoms. The van der Waals surface area contributed by atoms with Gasteiger partial charge in [0.2, 0.25) is 0 Å². The minimum absolute atomic E-state index is 0.0174. The van der Waals surface area contributed by atoms with E-state index in [0.717, 1.165) is 36.6 Å². The number of para-hydroxylation sites is 1. The Morgan fingerprint density at radius 2 is 2.00 bits per heavy atom. The largest absolute Gasteiger partial charge is 0.394 e. The summed E-state index contributed by atoms with van der Waals surface area (Å²) in [6.45, 7) is 0.0174. The third-order valence-electron chi connectivity index (χ3n) is 4.63. The molecule has 0 atom stereocenters. The summed E-state index contributed by atoms with van der Waals surface area (Å²) >= 11 is 0. The normalized spacial score (nSPS) is 17.8. The molecule has 21 heavy (non-hydrogen) atoms. The number of nitrogens with one attached hydrogen (secondary N) is 1. The summed E-state index contributed by atoms with van der Waals surface area (Å²) in [5.41, 5.74) is 1.29. The second-order valence-electron chi connectivity index (χ2n) is 6.12. The molecule has 1 heterocycles. The van der Waals surface area contributed by atoms with Crippen LogP contribution in [0.5, 0.6) is 0 Å². The zero-order valence-corrected chi connectivity index (χ0v) is 12.4. The molecule has 112 valence electrons. The van der Waals surface area contributed by atoms with Crippen LogP contribution < -0.4 is 5.32 Å². The van der Waals surface area contributed by atoms with Crippen LogP contribution in [-0.2, 0) is 7.05 Å². The SMILES string of the molecule is Cn1cc(C(=O)NC2(CO)CCCCC2)c2ccccc21. The Bertz CT molecular complexity index is 654. The van der Waals surface area contributed by atoms with Crippen molar-refractivity contribution in [2.75, 3.05) is 6.61 Å². The Hall–Kier alpha value is -1.81. The number of nitrogens with zero attached hydrogens (tertiary/aromatic N) is 1. The van der Waals surface area contributed by atoms with E-state index in [1.807, 2.05) is 42.1 Å². The molecule has 2 N–H and O–H groups in total. The first kappa shape index (κ1) is 14.1. The predicted molar refractivity (Wildman–Crippen MR) is 83.3 cm³/mol. The van der Waals surface area contributed by atoms with E-state index >= 15 is 0 Å². The van der Waals surface area contributed by atoms with Gasteiger partial charge < -0.3 is 15.0 Å². The molecule has 2 aromatic rings. The summed E-state index contributed by atoms with van der Waals surface area (Å²) in [5.74, 6) is -0.0808. The van der Waals surface area contributed by atoms with Gasteiger partial charge >= 0.3 is 0 Å². The lowest BCUT2D eigenvalue weighted by atomic mass is 9.82. The van der Waals surface area contributed by atoms with E-state index in [0.29, 0.717) is 5.56 Å². The van der Waals surface area contributed by atoms with Gasteiger partial charge in [-0.05, 0) is 18.9 Å². The number of benzene rings is 1. The molecular weight excluding hydrogens is 264 g/mol. The highest BCUT2D eigenvalue weighted by atomic mass is 16.3. The zero-order valence-electron chi connectivity index (χ0n) is 12.4. The molecular formula is C17H22N2O2. The second-order valence-corrected chi connectivity index (χ2v) is 6.12. The van der Waals surface area contributed by atoms with Crippen molar-refractivity contribution in [3.8, 4) is 0 Å². The van der Waals surface area contributed by atoms with E-state index < -0.39 is 5.54 Å². The van der Waals surface area contributed by atoms with Crippen molar-refractivity contribution in [2.24, 2.45) is 7.05 Å². The smallest absolute Gasteiger partial charge is 0.253 e. The van der Waals surface area contributed by atoms with Gasteiger partial charge in [0.05, 0.1) is 17.7 Å². The molecule has 3 rings (SSSR count). The van der Waals surface area contributed by atoms with Gasteiger partial charge in [-0.2, -0.15) is 0 Å². The second kappa shape index (κ2) is 5.53. The number of carbonyl (C=O) groups excluding carboxylic acids is 1. The molecule has 1 aromatic heterocycles. The molecule has 1 fully saturated rings. The van der Waals surface area contributed by atoms with Gasteiger partial charge in [0.25, 0.3) is 5.91 Å². The number of hydrogen-bond donors (Lipinski definition) is 2. The summed E-state index contributed by atoms with van der Waals surface area (Å²) in [6, 6.07) is 7.90. The monoisotopic (exact) mass is 286 g/mol. The van der Waals surface area contributed by atoms with Crippen LogP contribution in [-0.4, -0.2) is 27.7 Å². The van der Waals surface area contributed by atoms with E-state index in [-0.39, 0.29) is 12.5 Å². The average Bonchev–Trinajstić information content (AvgIpc) is 2.86. The van der Waals surface area contributed by atoms with Crippen LogP contribution in [0.3, 0.4) is 0 Å². The van der Waals surface area contributed by atoms with Crippen LogP contribution in [0.4, 0.5) is 0 Å². The highest BCUT2D eigenvalue weighted by molar-refractivity contribution is 6.07. The van der Waals surface area contributed by atoms with Crippen LogP contribution in [0.25, 0.3) is 10.9 Å². The van der Waals surface area contributed by atoms with Crippen LogP contribution in [0.15, 0.2) is 30.5 Å². The number of hydrogen-bond acceptors (Lipinski definition) is 2. The quantitative estimate of drug-likeness (QED) is 0.911. The lowest BCUT2D eigenvalue weighted by Gasteiger charge is -2.36. The van der Waals surface area contributed by atoms with Crippen LogP contribution in [0.2, 0.25) is 0 Å². The predicted octanol–water partition coefficient (Wildman–Crippen LogP) is 2.60. The van der Waals surface area contributed by atoms with Gasteiger partial charge in [0, 0.05) is 24.1 Å². The van der Waals surface area contributed by atoms with Crippen molar-refractivity contribution in [2.45, 2.75) is 37.6 Å². The summed E-state index contributed by atoms with van der Waals surface area (Å²) in [4.78, 5) is 12.7. The molecule has 0 aliphatic heterocycles. The Balaban J connectivity index is 1.90. The third kappa shape index (κ3) is 2.56. The molecule has 1 aliphatic rings. The summed E-state index contributed by atoms with van der Waals surface area (Å²) in [6.07, 6.45) is 6.91. The van der Waals surface area contributed by atoms with Gasteiger partial charge in [0.1, 0.15) is 0 Å². The Morgan fingerprint density at radius 3 is 2.71 bits per heavy atom. The molecule has 0 radical (unpaired) electrons. The number of rotatable bonds is 3. The highest BCUT2D eigenvalue weighted by Crippen LogP contribution is 2.29. The summed E-state index contributed by atoms with van der Waals surface area (Å²) < 4.78 is 1.97. The van der Waals surface area contributed by atoms with Gasteiger partial charge in [-0.25, -0.2) is 0 Å². The number of amides is 1. The van der Waals surface area contributed by atoms with E-state index in [4.69, 9.17) is 0 Å². The van der Waals surface area contributed by atoms with E-state index in [9.17, 15) is 9.90 Å². The maximum absolute atomic E-state index is 12.7. The van der Waals surface area contributed by atoms with E-state index in [1.54, 1.807) is 0 Å². The minimum Gasteiger partial charge on any atom is -0.394 e. The molecule has 1 aromatic carbocycles. The molecule has 1 amide bonds. The number of aliphatic hydroxyl groups is 1. The van der Waals surface area contributed by atoms with E-state index in [1.165, 1.54) is 6.42 Å². The minimum atomic E-state index is -0.438. The van der Waals surface area contributed by atoms with Crippen molar-refractivity contribution in [3.63, 3.8) is 0 Å². The molecule has 1 saturated carbocycles. The van der Waals surface area contributed by atoms with E-state index in [2.05, 4.69) is 5.32 Å². The first-order valence-electron chi connectivity index (χ1n) is 7.63. The van der Waals surface area contributed by atoms with Gasteiger partial charge in [-0.3, -0.25) is 4.79 Å². The van der Waals surface area contributed by atoms with Crippen LogP contribution in [0.1, 0.15) is 42.5 Å². The number of aromatic nitrogens is 1. The molecule has 0 unspecified atom stereocenters. The van der Waals surface area contributed by atoms with Gasteiger partial charge in [-0.15, -0.1) is 0 Å². The van der Waals surface area contributed by atoms with Crippen molar-refractivity contribution in [3.05, 3.63) is 36.0 Å². The lowest BCUT2D eigenvalue weighted by Crippen LogP contribution is -2.52. The molecule has 4 heteroatoms. The molecule has 0 saturated heterocycles. The maximum Gasteiger partial charge on any atom is 0.253 e. The first-order chi connectivity index (χ1) is 10.2. The van der Waals surface area contributed by atoms with Crippen molar-refractivity contribution in [1.29, 1.82) is 0 Å². The van der Waals surface area contributed by atoms with Crippen molar-refractivity contribution < 1.29 is 9.90 Å². The zero-order chi connectivity index (χ0) is 14.9. The fourth-order valence-electron chi connectivity index (χ4n) is 3.38. The Labute approximate surface area is 124 Å². The van der Waals surface area contributed by atoms with Crippen LogP contribution >= 0.6 is 0 Å². The lowest BCUT2D eigenvalue weighted by molar-refractivity contribution is 0.0760. The fourth-order valence-corrected chi connectivity index (χ4v) is 3.38. The topological polar surface area (TPSA) is 54.3 Å². The maximum atomic E-state index is 12.7. The molecule has 1 aliphatic carbocycles. The van der Waals surface area contributed by atoms with Gasteiger partial charge in [-0.1, -0.05) is 37.5 Å². The molecule has 4 nitrogen and oxygen atoms in total. The number of fused-ring (bicyclic) bond motifs is 1. The Morgan fingerprint density at radius 1 is 1.29 bits per heavy atom. The van der Waals surface area contributed by atoms with Gasteiger partial charge in [0.15, 0.2) is 0 Å². The summed E-state index contributed by atoms with van der Waals surface area (Å²) in [5, 5.41) is 13.8. The highest BCUT2D eigenvalue weighted by Gasteiger charge is 2.33. The Kier molecular flexibility index (Phi) is 3.72. The van der Waals surface area contributed by atoms with Crippen LogP contribution in [0, 0.1) is 0 Å². The average molecular weight is 286 g/mol. The number of aliphatic hydroxyl groups excluding tert-OH is 1. The van der Waals surface area contributed by atoms with Crippen molar-refractivity contribution >= 4 is 16.8 Å². The fraction of sp³-hybridized carbons (Fsp3) is 0.471. The summed E-state index contributed by atoms with van der Waals surface area (Å²) in [7, 11) is 1.95. The number of aryl methyl sites for hydroxylation is 1. The first-order valence-corrected chi connectivity index (χ1v) is 7.63.